The number of hydrogen-bond donors (Lipinski definition) is 1. The van der Waals surface area contributed by atoms with Gasteiger partial charge in [0.1, 0.15) is 5.82 Å². The van der Waals surface area contributed by atoms with E-state index in [4.69, 9.17) is 0 Å². The lowest BCUT2D eigenvalue weighted by Gasteiger charge is -2.24. The van der Waals surface area contributed by atoms with Gasteiger partial charge in [-0.3, -0.25) is 9.69 Å². The van der Waals surface area contributed by atoms with Crippen LogP contribution in [-0.4, -0.2) is 24.4 Å². The Morgan fingerprint density at radius 1 is 1.35 bits per heavy atom. The molecule has 1 amide bonds. The van der Waals surface area contributed by atoms with Crippen LogP contribution in [0.25, 0.3) is 0 Å². The maximum Gasteiger partial charge on any atom is 0.238 e. The summed E-state index contributed by atoms with van der Waals surface area (Å²) in [6.45, 7) is 0.231. The molecule has 1 aliphatic carbocycles. The highest BCUT2D eigenvalue weighted by molar-refractivity contribution is 9.10. The highest BCUT2D eigenvalue weighted by Gasteiger charge is 2.26. The van der Waals surface area contributed by atoms with Crippen LogP contribution in [-0.2, 0) is 11.2 Å². The Morgan fingerprint density at radius 2 is 2.13 bits per heavy atom. The third-order valence-corrected chi connectivity index (χ3v) is 4.72. The lowest BCUT2D eigenvalue weighted by molar-refractivity contribution is -0.117. The third kappa shape index (κ3) is 3.62. The van der Waals surface area contributed by atoms with E-state index in [-0.39, 0.29) is 24.2 Å². The average molecular weight is 377 g/mol. The Morgan fingerprint density at radius 3 is 2.91 bits per heavy atom. The predicted octanol–water partition coefficient (Wildman–Crippen LogP) is 4.15. The van der Waals surface area contributed by atoms with Gasteiger partial charge in [0.2, 0.25) is 5.91 Å². The minimum Gasteiger partial charge on any atom is -0.322 e. The maximum absolute atomic E-state index is 13.8. The molecule has 120 valence electrons. The second kappa shape index (κ2) is 6.81. The van der Waals surface area contributed by atoms with Gasteiger partial charge in [0, 0.05) is 10.5 Å². The minimum absolute atomic E-state index is 0.207. The summed E-state index contributed by atoms with van der Waals surface area (Å²) < 4.78 is 14.4. The Hall–Kier alpha value is -1.72. The van der Waals surface area contributed by atoms with Crippen LogP contribution in [0.5, 0.6) is 0 Å². The highest BCUT2D eigenvalue weighted by Crippen LogP contribution is 2.34. The highest BCUT2D eigenvalue weighted by atomic mass is 79.9. The first-order chi connectivity index (χ1) is 11.0. The van der Waals surface area contributed by atoms with Crippen molar-refractivity contribution < 1.29 is 9.18 Å². The summed E-state index contributed by atoms with van der Waals surface area (Å²) in [5.41, 5.74) is 2.85. The maximum atomic E-state index is 13.8. The van der Waals surface area contributed by atoms with Gasteiger partial charge in [-0.2, -0.15) is 0 Å². The molecule has 2 aromatic carbocycles. The van der Waals surface area contributed by atoms with E-state index in [9.17, 15) is 9.18 Å². The quantitative estimate of drug-likeness (QED) is 0.869. The lowest BCUT2D eigenvalue weighted by Crippen LogP contribution is -2.32. The van der Waals surface area contributed by atoms with Gasteiger partial charge in [-0.25, -0.2) is 4.39 Å². The molecule has 0 radical (unpaired) electrons. The zero-order valence-corrected chi connectivity index (χ0v) is 14.4. The van der Waals surface area contributed by atoms with Crippen molar-refractivity contribution >= 4 is 27.5 Å². The summed E-state index contributed by atoms with van der Waals surface area (Å²) in [6, 6.07) is 13.2. The molecular formula is C18H18BrFN2O. The molecule has 23 heavy (non-hydrogen) atoms. The van der Waals surface area contributed by atoms with Crippen molar-refractivity contribution in [2.24, 2.45) is 0 Å². The Balaban J connectivity index is 1.64. The fourth-order valence-electron chi connectivity index (χ4n) is 3.11. The first kappa shape index (κ1) is 16.1. The number of nitrogens with one attached hydrogen (secondary N) is 1. The number of carbonyl (C=O) groups is 1. The molecule has 0 spiro atoms. The number of halogens is 2. The SMILES string of the molecule is CN(CC(=O)Nc1ccc(Br)cc1F)[C@H]1CCc2ccccc21. The van der Waals surface area contributed by atoms with E-state index in [2.05, 4.69) is 33.4 Å². The number of benzene rings is 2. The minimum atomic E-state index is -0.443. The van der Waals surface area contributed by atoms with Crippen LogP contribution in [0.15, 0.2) is 46.9 Å². The van der Waals surface area contributed by atoms with Crippen molar-refractivity contribution in [2.45, 2.75) is 18.9 Å². The molecular weight excluding hydrogens is 359 g/mol. The number of anilines is 1. The molecule has 0 heterocycles. The van der Waals surface area contributed by atoms with Gasteiger partial charge in [0.15, 0.2) is 0 Å². The van der Waals surface area contributed by atoms with Crippen molar-refractivity contribution in [1.82, 2.24) is 4.90 Å². The van der Waals surface area contributed by atoms with Gasteiger partial charge in [-0.05, 0) is 49.2 Å². The molecule has 1 atom stereocenters. The molecule has 0 aromatic heterocycles. The Labute approximate surface area is 143 Å². The van der Waals surface area contributed by atoms with Crippen LogP contribution >= 0.6 is 15.9 Å². The number of aryl methyl sites for hydroxylation is 1. The van der Waals surface area contributed by atoms with Gasteiger partial charge < -0.3 is 5.32 Å². The monoisotopic (exact) mass is 376 g/mol. The van der Waals surface area contributed by atoms with E-state index >= 15 is 0 Å². The smallest absolute Gasteiger partial charge is 0.238 e. The van der Waals surface area contributed by atoms with Crippen LogP contribution in [0, 0.1) is 5.82 Å². The molecule has 1 aliphatic rings. The molecule has 0 bridgehead atoms. The summed E-state index contributed by atoms with van der Waals surface area (Å²) in [5, 5.41) is 2.64. The van der Waals surface area contributed by atoms with Crippen LogP contribution in [0.3, 0.4) is 0 Å². The molecule has 3 nitrogen and oxygen atoms in total. The van der Waals surface area contributed by atoms with Crippen LogP contribution in [0.4, 0.5) is 10.1 Å². The Kier molecular flexibility index (Phi) is 4.78. The molecule has 0 aliphatic heterocycles. The second-order valence-electron chi connectivity index (χ2n) is 5.84. The fraction of sp³-hybridized carbons (Fsp3) is 0.278. The van der Waals surface area contributed by atoms with E-state index in [0.29, 0.717) is 4.47 Å². The van der Waals surface area contributed by atoms with Crippen LogP contribution in [0.2, 0.25) is 0 Å². The van der Waals surface area contributed by atoms with E-state index in [1.807, 2.05) is 24.1 Å². The van der Waals surface area contributed by atoms with Gasteiger partial charge >= 0.3 is 0 Å². The van der Waals surface area contributed by atoms with Crippen molar-refractivity contribution in [1.29, 1.82) is 0 Å². The van der Waals surface area contributed by atoms with Crippen molar-refractivity contribution in [2.75, 3.05) is 18.9 Å². The summed E-state index contributed by atoms with van der Waals surface area (Å²) in [7, 11) is 1.93. The van der Waals surface area contributed by atoms with Crippen LogP contribution < -0.4 is 5.32 Å². The Bertz CT molecular complexity index is 735. The molecule has 3 rings (SSSR count). The van der Waals surface area contributed by atoms with Gasteiger partial charge in [0.25, 0.3) is 0 Å². The first-order valence-corrected chi connectivity index (χ1v) is 8.37. The summed E-state index contributed by atoms with van der Waals surface area (Å²) in [6.07, 6.45) is 2.05. The number of rotatable bonds is 4. The first-order valence-electron chi connectivity index (χ1n) is 7.57. The normalized spacial score (nSPS) is 16.4. The average Bonchev–Trinajstić information content (AvgIpc) is 2.94. The van der Waals surface area contributed by atoms with E-state index in [1.165, 1.54) is 17.2 Å². The van der Waals surface area contributed by atoms with Crippen molar-refractivity contribution in [3.05, 3.63) is 63.9 Å². The molecule has 5 heteroatoms. The zero-order valence-electron chi connectivity index (χ0n) is 12.9. The predicted molar refractivity (Wildman–Crippen MR) is 92.9 cm³/mol. The number of nitrogens with zero attached hydrogens (tertiary/aromatic N) is 1. The topological polar surface area (TPSA) is 32.3 Å². The molecule has 0 unspecified atom stereocenters. The van der Waals surface area contributed by atoms with E-state index in [0.717, 1.165) is 12.8 Å². The molecule has 1 N–H and O–H groups in total. The van der Waals surface area contributed by atoms with Crippen LogP contribution in [0.1, 0.15) is 23.6 Å². The van der Waals surface area contributed by atoms with Gasteiger partial charge in [-0.15, -0.1) is 0 Å². The number of fused-ring (bicyclic) bond motifs is 1. The van der Waals surface area contributed by atoms with Gasteiger partial charge in [-0.1, -0.05) is 40.2 Å². The number of amides is 1. The number of hydrogen-bond acceptors (Lipinski definition) is 2. The van der Waals surface area contributed by atoms with Crippen molar-refractivity contribution in [3.8, 4) is 0 Å². The van der Waals surface area contributed by atoms with Crippen molar-refractivity contribution in [3.63, 3.8) is 0 Å². The van der Waals surface area contributed by atoms with E-state index < -0.39 is 5.82 Å². The molecule has 2 aromatic rings. The molecule has 0 fully saturated rings. The lowest BCUT2D eigenvalue weighted by atomic mass is 10.1. The van der Waals surface area contributed by atoms with E-state index in [1.54, 1.807) is 12.1 Å². The number of carbonyl (C=O) groups excluding carboxylic acids is 1. The summed E-state index contributed by atoms with van der Waals surface area (Å²) >= 11 is 3.20. The zero-order chi connectivity index (χ0) is 16.4. The standard InChI is InChI=1S/C18H18BrFN2O/c1-22(17-9-6-12-4-2-3-5-14(12)17)11-18(23)21-16-8-7-13(19)10-15(16)20/h2-5,7-8,10,17H,6,9,11H2,1H3,(H,21,23)/t17-/m0/s1. The fourth-order valence-corrected chi connectivity index (χ4v) is 3.44. The summed E-state index contributed by atoms with van der Waals surface area (Å²) in [4.78, 5) is 14.2. The largest absolute Gasteiger partial charge is 0.322 e. The third-order valence-electron chi connectivity index (χ3n) is 4.23. The molecule has 0 saturated carbocycles. The second-order valence-corrected chi connectivity index (χ2v) is 6.76. The summed E-state index contributed by atoms with van der Waals surface area (Å²) in [5.74, 6) is -0.653. The number of likely N-dealkylation sites (N-methyl/N-ethyl adjacent to an activating group) is 1. The van der Waals surface area contributed by atoms with Gasteiger partial charge in [0.05, 0.1) is 12.2 Å². The molecule has 0 saturated heterocycles.